The number of benzene rings is 2. The molecule has 0 heterocycles. The maximum absolute atomic E-state index is 12.7. The average molecular weight is 451 g/mol. The molecule has 33 heavy (non-hydrogen) atoms. The van der Waals surface area contributed by atoms with Gasteiger partial charge in [-0.05, 0) is 35.1 Å². The highest BCUT2D eigenvalue weighted by atomic mass is 16.5. The largest absolute Gasteiger partial charge is 0.481 e. The summed E-state index contributed by atoms with van der Waals surface area (Å²) < 4.78 is 5.64. The third kappa shape index (κ3) is 5.02. The molecule has 0 saturated heterocycles. The van der Waals surface area contributed by atoms with E-state index in [4.69, 9.17) is 9.84 Å². The lowest BCUT2D eigenvalue weighted by molar-refractivity contribution is -0.141. The predicted octanol–water partition coefficient (Wildman–Crippen LogP) is 3.92. The smallest absolute Gasteiger partial charge is 0.407 e. The van der Waals surface area contributed by atoms with Crippen molar-refractivity contribution in [3.8, 4) is 11.1 Å². The first-order valence-corrected chi connectivity index (χ1v) is 11.6. The van der Waals surface area contributed by atoms with Crippen molar-refractivity contribution in [3.63, 3.8) is 0 Å². The van der Waals surface area contributed by atoms with Gasteiger partial charge in [-0.2, -0.15) is 0 Å². The number of carboxylic acids is 1. The fourth-order valence-electron chi connectivity index (χ4n) is 4.88. The van der Waals surface area contributed by atoms with Gasteiger partial charge in [-0.25, -0.2) is 4.79 Å². The Hall–Kier alpha value is -3.35. The van der Waals surface area contributed by atoms with E-state index < -0.39 is 18.0 Å². The monoisotopic (exact) mass is 450 g/mol. The van der Waals surface area contributed by atoms with Gasteiger partial charge >= 0.3 is 12.1 Å². The van der Waals surface area contributed by atoms with Gasteiger partial charge in [0.2, 0.25) is 5.91 Å². The molecule has 2 aromatic rings. The zero-order chi connectivity index (χ0) is 23.4. The van der Waals surface area contributed by atoms with Gasteiger partial charge < -0.3 is 20.5 Å². The second kappa shape index (κ2) is 10.1. The molecule has 2 amide bonds. The second-order valence-corrected chi connectivity index (χ2v) is 8.95. The Morgan fingerprint density at radius 3 is 2.24 bits per heavy atom. The molecule has 3 atom stereocenters. The maximum atomic E-state index is 12.7. The van der Waals surface area contributed by atoms with Gasteiger partial charge in [-0.1, -0.05) is 68.3 Å². The van der Waals surface area contributed by atoms with E-state index in [1.807, 2.05) is 24.3 Å². The number of fused-ring (bicyclic) bond motifs is 3. The summed E-state index contributed by atoms with van der Waals surface area (Å²) in [7, 11) is 0. The zero-order valence-electron chi connectivity index (χ0n) is 18.8. The van der Waals surface area contributed by atoms with E-state index in [2.05, 4.69) is 34.9 Å². The number of aliphatic carboxylic acids is 1. The Bertz CT molecular complexity index is 991. The van der Waals surface area contributed by atoms with Crippen molar-refractivity contribution >= 4 is 18.0 Å². The Kier molecular flexibility index (Phi) is 6.96. The molecule has 7 nitrogen and oxygen atoms in total. The SMILES string of the molecule is CC(CNC(=O)C1CCCCC1NC(=O)OCC1c2ccccc2-c2ccccc21)C(=O)O. The van der Waals surface area contributed by atoms with Crippen LogP contribution in [0.15, 0.2) is 48.5 Å². The lowest BCUT2D eigenvalue weighted by Gasteiger charge is -2.31. The van der Waals surface area contributed by atoms with Crippen LogP contribution in [0.3, 0.4) is 0 Å². The van der Waals surface area contributed by atoms with Crippen molar-refractivity contribution < 1.29 is 24.2 Å². The number of alkyl carbamates (subject to hydrolysis) is 1. The van der Waals surface area contributed by atoms with Gasteiger partial charge in [0.15, 0.2) is 0 Å². The van der Waals surface area contributed by atoms with E-state index in [9.17, 15) is 14.4 Å². The van der Waals surface area contributed by atoms with Crippen LogP contribution >= 0.6 is 0 Å². The van der Waals surface area contributed by atoms with Gasteiger partial charge in [-0.3, -0.25) is 9.59 Å². The Labute approximate surface area is 193 Å². The normalized spacial score (nSPS) is 20.3. The topological polar surface area (TPSA) is 105 Å². The van der Waals surface area contributed by atoms with Crippen LogP contribution in [-0.2, 0) is 14.3 Å². The minimum atomic E-state index is -0.952. The molecule has 2 aliphatic carbocycles. The minimum absolute atomic E-state index is 0.0221. The van der Waals surface area contributed by atoms with Crippen LogP contribution in [0.2, 0.25) is 0 Å². The molecule has 0 radical (unpaired) electrons. The molecule has 0 aliphatic heterocycles. The van der Waals surface area contributed by atoms with Gasteiger partial charge in [0.1, 0.15) is 6.61 Å². The molecule has 2 aliphatic rings. The number of hydrogen-bond donors (Lipinski definition) is 3. The van der Waals surface area contributed by atoms with Gasteiger partial charge in [-0.15, -0.1) is 0 Å². The predicted molar refractivity (Wildman–Crippen MR) is 124 cm³/mol. The summed E-state index contributed by atoms with van der Waals surface area (Å²) in [4.78, 5) is 36.3. The molecule has 3 unspecified atom stereocenters. The molecule has 0 bridgehead atoms. The maximum Gasteiger partial charge on any atom is 0.407 e. The van der Waals surface area contributed by atoms with E-state index in [0.717, 1.165) is 24.0 Å². The third-order valence-electron chi connectivity index (χ3n) is 6.75. The summed E-state index contributed by atoms with van der Waals surface area (Å²) in [6, 6.07) is 16.0. The van der Waals surface area contributed by atoms with E-state index in [1.54, 1.807) is 6.92 Å². The quantitative estimate of drug-likeness (QED) is 0.593. The van der Waals surface area contributed by atoms with E-state index in [0.29, 0.717) is 12.8 Å². The number of amides is 2. The second-order valence-electron chi connectivity index (χ2n) is 8.95. The summed E-state index contributed by atoms with van der Waals surface area (Å²) >= 11 is 0. The fourth-order valence-corrected chi connectivity index (χ4v) is 4.88. The van der Waals surface area contributed by atoms with Crippen LogP contribution in [0, 0.1) is 11.8 Å². The highest BCUT2D eigenvalue weighted by molar-refractivity contribution is 5.81. The first-order valence-electron chi connectivity index (χ1n) is 11.6. The summed E-state index contributed by atoms with van der Waals surface area (Å²) in [6.07, 6.45) is 2.64. The molecule has 2 aromatic carbocycles. The number of carbonyl (C=O) groups is 3. The molecular weight excluding hydrogens is 420 g/mol. The van der Waals surface area contributed by atoms with Crippen LogP contribution in [0.4, 0.5) is 4.79 Å². The summed E-state index contributed by atoms with van der Waals surface area (Å²) in [5.41, 5.74) is 4.63. The van der Waals surface area contributed by atoms with Crippen LogP contribution < -0.4 is 10.6 Å². The molecule has 3 N–H and O–H groups in total. The first kappa shape index (κ1) is 22.8. The Morgan fingerprint density at radius 2 is 1.61 bits per heavy atom. The molecule has 0 aromatic heterocycles. The lowest BCUT2D eigenvalue weighted by Crippen LogP contribution is -2.49. The third-order valence-corrected chi connectivity index (χ3v) is 6.75. The van der Waals surface area contributed by atoms with Crippen molar-refractivity contribution in [1.29, 1.82) is 0 Å². The number of carbonyl (C=O) groups excluding carboxylic acids is 2. The summed E-state index contributed by atoms with van der Waals surface area (Å²) in [5, 5.41) is 14.6. The number of carboxylic acid groups (broad SMARTS) is 1. The molecule has 7 heteroatoms. The van der Waals surface area contributed by atoms with E-state index in [1.165, 1.54) is 11.1 Å². The Morgan fingerprint density at radius 1 is 1.00 bits per heavy atom. The molecule has 1 saturated carbocycles. The average Bonchev–Trinajstić information content (AvgIpc) is 3.15. The number of nitrogens with one attached hydrogen (secondary N) is 2. The van der Waals surface area contributed by atoms with Gasteiger partial charge in [0.25, 0.3) is 0 Å². The highest BCUT2D eigenvalue weighted by Gasteiger charge is 2.34. The first-order chi connectivity index (χ1) is 16.0. The van der Waals surface area contributed by atoms with Crippen LogP contribution in [-0.4, -0.2) is 42.3 Å². The Balaban J connectivity index is 1.36. The minimum Gasteiger partial charge on any atom is -0.481 e. The van der Waals surface area contributed by atoms with E-state index in [-0.39, 0.29) is 36.9 Å². The van der Waals surface area contributed by atoms with Crippen LogP contribution in [0.25, 0.3) is 11.1 Å². The van der Waals surface area contributed by atoms with Crippen molar-refractivity contribution in [2.24, 2.45) is 11.8 Å². The van der Waals surface area contributed by atoms with Crippen molar-refractivity contribution in [2.75, 3.05) is 13.2 Å². The molecule has 1 fully saturated rings. The van der Waals surface area contributed by atoms with E-state index >= 15 is 0 Å². The van der Waals surface area contributed by atoms with Gasteiger partial charge in [0, 0.05) is 18.5 Å². The van der Waals surface area contributed by atoms with Gasteiger partial charge in [0.05, 0.1) is 11.8 Å². The number of hydrogen-bond acceptors (Lipinski definition) is 4. The summed E-state index contributed by atoms with van der Waals surface area (Å²) in [5.74, 6) is -2.24. The van der Waals surface area contributed by atoms with Crippen molar-refractivity contribution in [2.45, 2.75) is 44.6 Å². The fraction of sp³-hybridized carbons (Fsp3) is 0.423. The van der Waals surface area contributed by atoms with Crippen LogP contribution in [0.1, 0.15) is 49.7 Å². The van der Waals surface area contributed by atoms with Crippen molar-refractivity contribution in [3.05, 3.63) is 59.7 Å². The highest BCUT2D eigenvalue weighted by Crippen LogP contribution is 2.44. The number of ether oxygens (including phenoxy) is 1. The molecule has 4 rings (SSSR count). The summed E-state index contributed by atoms with van der Waals surface area (Å²) in [6.45, 7) is 1.85. The number of rotatable bonds is 7. The van der Waals surface area contributed by atoms with Crippen molar-refractivity contribution in [1.82, 2.24) is 10.6 Å². The standard InChI is InChI=1S/C26H30N2O5/c1-16(25(30)31)14-27-24(29)21-12-6-7-13-23(21)28-26(32)33-15-22-19-10-4-2-8-17(19)18-9-3-5-11-20(18)22/h2-5,8-11,16,21-23H,6-7,12-15H2,1H3,(H,27,29)(H,28,32)(H,30,31). The van der Waals surface area contributed by atoms with Crippen LogP contribution in [0.5, 0.6) is 0 Å². The zero-order valence-corrected chi connectivity index (χ0v) is 18.8. The molecule has 174 valence electrons. The molecule has 0 spiro atoms. The molecular formula is C26H30N2O5. The lowest BCUT2D eigenvalue weighted by atomic mass is 9.84.